The quantitative estimate of drug-likeness (QED) is 0.554. The number of morpholine rings is 1. The first-order chi connectivity index (χ1) is 14.8. The smallest absolute Gasteiger partial charge is 0.160 e. The van der Waals surface area contributed by atoms with Gasteiger partial charge in [-0.15, -0.1) is 0 Å². The van der Waals surface area contributed by atoms with Crippen LogP contribution >= 0.6 is 0 Å². The van der Waals surface area contributed by atoms with E-state index >= 15 is 0 Å². The molecule has 0 saturated carbocycles. The first kappa shape index (κ1) is 17.5. The molecule has 0 unspecified atom stereocenters. The Hall–Kier alpha value is -3.30. The van der Waals surface area contributed by atoms with Crippen LogP contribution in [0.25, 0.3) is 22.7 Å². The predicted molar refractivity (Wildman–Crippen MR) is 112 cm³/mol. The van der Waals surface area contributed by atoms with Gasteiger partial charge in [-0.1, -0.05) is 0 Å². The van der Waals surface area contributed by atoms with Crippen LogP contribution in [0.4, 0.5) is 5.82 Å². The molecule has 6 heterocycles. The SMILES string of the molecule is c1cc(-c2cc3nc(-n4ccc(C5CNC5)n4)cc(N4CCOCC4)n3n2)ccn1. The third kappa shape index (κ3) is 3.03. The number of nitrogens with one attached hydrogen (secondary N) is 1. The molecule has 0 amide bonds. The van der Waals surface area contributed by atoms with Gasteiger partial charge in [-0.2, -0.15) is 14.7 Å². The Labute approximate surface area is 173 Å². The number of ether oxygens (including phenoxy) is 1. The number of fused-ring (bicyclic) bond motifs is 1. The van der Waals surface area contributed by atoms with Gasteiger partial charge >= 0.3 is 0 Å². The van der Waals surface area contributed by atoms with Crippen LogP contribution in [0.1, 0.15) is 11.6 Å². The maximum atomic E-state index is 5.55. The number of hydrogen-bond acceptors (Lipinski definition) is 7. The van der Waals surface area contributed by atoms with Crippen molar-refractivity contribution >= 4 is 11.5 Å². The Morgan fingerprint density at radius 3 is 2.60 bits per heavy atom. The number of aromatic nitrogens is 6. The van der Waals surface area contributed by atoms with E-state index in [0.29, 0.717) is 19.1 Å². The molecule has 2 fully saturated rings. The van der Waals surface area contributed by atoms with Gasteiger partial charge in [-0.25, -0.2) is 9.67 Å². The minimum atomic E-state index is 0.488. The molecule has 2 aliphatic rings. The summed E-state index contributed by atoms with van der Waals surface area (Å²) in [6.07, 6.45) is 5.55. The average Bonchev–Trinajstić information content (AvgIpc) is 3.40. The molecule has 0 bridgehead atoms. The lowest BCUT2D eigenvalue weighted by atomic mass is 10.0. The fraction of sp³-hybridized carbons (Fsp3) is 0.333. The van der Waals surface area contributed by atoms with Crippen LogP contribution in [-0.4, -0.2) is 68.8 Å². The third-order valence-corrected chi connectivity index (χ3v) is 5.75. The molecule has 6 rings (SSSR count). The maximum absolute atomic E-state index is 5.55. The van der Waals surface area contributed by atoms with Crippen molar-refractivity contribution in [1.82, 2.24) is 34.7 Å². The van der Waals surface area contributed by atoms with E-state index in [1.54, 1.807) is 12.4 Å². The monoisotopic (exact) mass is 402 g/mol. The van der Waals surface area contributed by atoms with Crippen LogP contribution in [0.2, 0.25) is 0 Å². The first-order valence-corrected chi connectivity index (χ1v) is 10.3. The highest BCUT2D eigenvalue weighted by Gasteiger charge is 2.23. The van der Waals surface area contributed by atoms with Gasteiger partial charge in [0.25, 0.3) is 0 Å². The van der Waals surface area contributed by atoms with Crippen molar-refractivity contribution in [3.63, 3.8) is 0 Å². The number of rotatable bonds is 4. The van der Waals surface area contributed by atoms with Gasteiger partial charge in [0.05, 0.1) is 24.6 Å². The molecule has 0 radical (unpaired) electrons. The van der Waals surface area contributed by atoms with Gasteiger partial charge in [0.15, 0.2) is 11.5 Å². The summed E-state index contributed by atoms with van der Waals surface area (Å²) >= 11 is 0. The van der Waals surface area contributed by atoms with E-state index in [1.165, 1.54) is 0 Å². The summed E-state index contributed by atoms with van der Waals surface area (Å²) in [5.41, 5.74) is 3.79. The summed E-state index contributed by atoms with van der Waals surface area (Å²) in [7, 11) is 0. The number of anilines is 1. The van der Waals surface area contributed by atoms with Crippen molar-refractivity contribution in [2.45, 2.75) is 5.92 Å². The number of hydrogen-bond donors (Lipinski definition) is 1. The minimum Gasteiger partial charge on any atom is -0.378 e. The van der Waals surface area contributed by atoms with Crippen LogP contribution in [0.3, 0.4) is 0 Å². The summed E-state index contributed by atoms with van der Waals surface area (Å²) < 4.78 is 9.35. The van der Waals surface area contributed by atoms with Gasteiger partial charge in [0, 0.05) is 68.4 Å². The average molecular weight is 402 g/mol. The van der Waals surface area contributed by atoms with E-state index in [9.17, 15) is 0 Å². The summed E-state index contributed by atoms with van der Waals surface area (Å²) in [6, 6.07) is 10.1. The molecule has 0 atom stereocenters. The summed E-state index contributed by atoms with van der Waals surface area (Å²) in [5.74, 6) is 2.28. The molecule has 2 saturated heterocycles. The van der Waals surface area contributed by atoms with E-state index in [0.717, 1.165) is 60.4 Å². The van der Waals surface area contributed by atoms with E-state index in [-0.39, 0.29) is 0 Å². The Morgan fingerprint density at radius 1 is 1.00 bits per heavy atom. The Kier molecular flexibility index (Phi) is 4.21. The van der Waals surface area contributed by atoms with E-state index < -0.39 is 0 Å². The van der Waals surface area contributed by atoms with Crippen molar-refractivity contribution in [2.75, 3.05) is 44.3 Å². The van der Waals surface area contributed by atoms with E-state index in [1.807, 2.05) is 33.6 Å². The molecule has 0 aliphatic carbocycles. The highest BCUT2D eigenvalue weighted by Crippen LogP contribution is 2.26. The van der Waals surface area contributed by atoms with E-state index in [4.69, 9.17) is 19.9 Å². The maximum Gasteiger partial charge on any atom is 0.160 e. The van der Waals surface area contributed by atoms with Crippen LogP contribution in [0.5, 0.6) is 0 Å². The molecule has 0 aromatic carbocycles. The Bertz CT molecular complexity index is 1170. The van der Waals surface area contributed by atoms with E-state index in [2.05, 4.69) is 27.3 Å². The van der Waals surface area contributed by atoms with Crippen molar-refractivity contribution in [1.29, 1.82) is 0 Å². The predicted octanol–water partition coefficient (Wildman–Crippen LogP) is 1.50. The molecule has 2 aliphatic heterocycles. The Balaban J connectivity index is 1.47. The van der Waals surface area contributed by atoms with Gasteiger partial charge in [0.2, 0.25) is 0 Å². The molecule has 4 aromatic rings. The molecule has 30 heavy (non-hydrogen) atoms. The van der Waals surface area contributed by atoms with Gasteiger partial charge in [-0.3, -0.25) is 4.98 Å². The van der Waals surface area contributed by atoms with Crippen LogP contribution < -0.4 is 10.2 Å². The van der Waals surface area contributed by atoms with Crippen LogP contribution in [0, 0.1) is 0 Å². The normalized spacial score (nSPS) is 17.4. The molecule has 152 valence electrons. The van der Waals surface area contributed by atoms with Crippen molar-refractivity contribution in [3.05, 3.63) is 54.6 Å². The summed E-state index contributed by atoms with van der Waals surface area (Å²) in [5, 5.41) is 13.0. The fourth-order valence-corrected chi connectivity index (χ4v) is 3.93. The number of nitrogens with zero attached hydrogens (tertiary/aromatic N) is 7. The third-order valence-electron chi connectivity index (χ3n) is 5.75. The molecular formula is C21H22N8O. The summed E-state index contributed by atoms with van der Waals surface area (Å²) in [4.78, 5) is 11.3. The van der Waals surface area contributed by atoms with Gasteiger partial charge in [-0.05, 0) is 18.2 Å². The zero-order valence-electron chi connectivity index (χ0n) is 16.5. The Morgan fingerprint density at radius 2 is 1.83 bits per heavy atom. The van der Waals surface area contributed by atoms with Crippen LogP contribution in [0.15, 0.2) is 48.9 Å². The first-order valence-electron chi connectivity index (χ1n) is 10.3. The molecule has 1 N–H and O–H groups in total. The van der Waals surface area contributed by atoms with Crippen molar-refractivity contribution in [3.8, 4) is 17.1 Å². The van der Waals surface area contributed by atoms with Crippen LogP contribution in [-0.2, 0) is 4.74 Å². The highest BCUT2D eigenvalue weighted by molar-refractivity contribution is 5.66. The van der Waals surface area contributed by atoms with Crippen molar-refractivity contribution < 1.29 is 4.74 Å². The molecular weight excluding hydrogens is 380 g/mol. The second-order valence-corrected chi connectivity index (χ2v) is 7.65. The lowest BCUT2D eigenvalue weighted by Crippen LogP contribution is -2.40. The molecule has 0 spiro atoms. The lowest BCUT2D eigenvalue weighted by molar-refractivity contribution is 0.122. The molecule has 9 nitrogen and oxygen atoms in total. The van der Waals surface area contributed by atoms with Gasteiger partial charge < -0.3 is 15.0 Å². The zero-order valence-corrected chi connectivity index (χ0v) is 16.5. The van der Waals surface area contributed by atoms with Crippen molar-refractivity contribution in [2.24, 2.45) is 0 Å². The topological polar surface area (TPSA) is 85.4 Å². The number of pyridine rings is 1. The zero-order chi connectivity index (χ0) is 19.9. The fourth-order valence-electron chi connectivity index (χ4n) is 3.93. The second kappa shape index (κ2) is 7.19. The molecule has 9 heteroatoms. The lowest BCUT2D eigenvalue weighted by Gasteiger charge is -2.29. The highest BCUT2D eigenvalue weighted by atomic mass is 16.5. The summed E-state index contributed by atoms with van der Waals surface area (Å²) in [6.45, 7) is 5.03. The molecule has 4 aromatic heterocycles. The largest absolute Gasteiger partial charge is 0.378 e. The second-order valence-electron chi connectivity index (χ2n) is 7.65. The standard InChI is InChI=1S/C21H22N8O/c1-4-22-5-2-15(1)18-11-20-24-19(28-6-3-17(25-28)16-13-23-14-16)12-21(29(20)26-18)27-7-9-30-10-8-27/h1-6,11-12,16,23H,7-10,13-14H2. The minimum absolute atomic E-state index is 0.488. The van der Waals surface area contributed by atoms with Gasteiger partial charge in [0.1, 0.15) is 5.82 Å².